The van der Waals surface area contributed by atoms with Crippen LogP contribution in [0.1, 0.15) is 150 Å². The molecule has 0 bridgehead atoms. The number of hydrogen-bond acceptors (Lipinski definition) is 20. The van der Waals surface area contributed by atoms with E-state index in [1.165, 1.54) is 67.0 Å². The van der Waals surface area contributed by atoms with E-state index >= 15 is 9.13 Å². The van der Waals surface area contributed by atoms with Gasteiger partial charge >= 0.3 is 21.6 Å². The second-order valence-corrected chi connectivity index (χ2v) is 39.5. The van der Waals surface area contributed by atoms with Gasteiger partial charge in [-0.3, -0.25) is 37.3 Å². The van der Waals surface area contributed by atoms with E-state index in [9.17, 15) is 29.0 Å². The Kier molecular flexibility index (Phi) is 41.9. The van der Waals surface area contributed by atoms with Crippen molar-refractivity contribution in [3.05, 3.63) is 215 Å². The number of ether oxygens (including phenoxy) is 7. The maximum atomic E-state index is 15.3. The van der Waals surface area contributed by atoms with Gasteiger partial charge in [-0.1, -0.05) is 251 Å². The fourth-order valence-corrected chi connectivity index (χ4v) is 19.7. The summed E-state index contributed by atoms with van der Waals surface area (Å²) in [6, 6.07) is 52.8. The molecule has 6 aromatic rings. The van der Waals surface area contributed by atoms with Gasteiger partial charge in [-0.2, -0.15) is 0 Å². The lowest BCUT2D eigenvalue weighted by Crippen LogP contribution is -2.63. The molecule has 119 heavy (non-hydrogen) atoms. The van der Waals surface area contributed by atoms with Crippen LogP contribution in [-0.2, 0) is 124 Å². The average molecular weight is 1710 g/mol. The van der Waals surface area contributed by atoms with Crippen molar-refractivity contribution in [2.45, 2.75) is 247 Å². The van der Waals surface area contributed by atoms with Crippen molar-refractivity contribution in [2.24, 2.45) is 23.7 Å². The summed E-state index contributed by atoms with van der Waals surface area (Å²) in [4.78, 5) is 82.6. The first kappa shape index (κ1) is 99.4. The fraction of sp³-hybridized carbons (Fsp3) is 0.560. The summed E-state index contributed by atoms with van der Waals surface area (Å²) in [5.41, 5.74) is 4.74. The molecular formula is C91H135N5O20P2Si. The van der Waals surface area contributed by atoms with Crippen molar-refractivity contribution in [1.82, 2.24) is 25.8 Å². The molecule has 6 aromatic carbocycles. The first-order valence-corrected chi connectivity index (χ1v) is 48.0. The monoisotopic (exact) mass is 1710 g/mol. The number of phosphoric ester groups is 2. The number of nitrogens with zero attached hydrogens (tertiary/aromatic N) is 2. The third-order valence-corrected chi connectivity index (χ3v) is 29.7. The number of benzene rings is 6. The predicted octanol–water partition coefficient (Wildman–Crippen LogP) is 15.4. The van der Waals surface area contributed by atoms with Crippen LogP contribution in [0.15, 0.2) is 182 Å². The van der Waals surface area contributed by atoms with E-state index in [0.717, 1.165) is 33.4 Å². The molecule has 5 N–H and O–H groups in total. The number of rotatable bonds is 43. The number of hydrogen-bond donors (Lipinski definition) is 5. The molecule has 3 aliphatic rings. The van der Waals surface area contributed by atoms with Crippen LogP contribution in [-0.4, -0.2) is 184 Å². The number of nitrogens with one attached hydrogen (secondary N) is 3. The van der Waals surface area contributed by atoms with E-state index in [0.29, 0.717) is 0 Å². The second kappa shape index (κ2) is 50.1. The van der Waals surface area contributed by atoms with Crippen molar-refractivity contribution in [3.63, 3.8) is 0 Å². The summed E-state index contributed by atoms with van der Waals surface area (Å²) in [5.74, 6) is -4.37. The molecular weight excluding hydrogens is 1570 g/mol. The zero-order valence-electron chi connectivity index (χ0n) is 72.8. The molecule has 0 saturated heterocycles. The van der Waals surface area contributed by atoms with Crippen LogP contribution in [0, 0.1) is 23.7 Å². The molecule has 0 aromatic heterocycles. The Morgan fingerprint density at radius 2 is 0.639 bits per heavy atom. The lowest BCUT2D eigenvalue weighted by Gasteiger charge is -2.48. The normalized spacial score (nSPS) is 24.3. The summed E-state index contributed by atoms with van der Waals surface area (Å²) in [6.07, 6.45) is -10.3. The molecule has 3 aliphatic carbocycles. The Hall–Kier alpha value is -6.72. The van der Waals surface area contributed by atoms with Crippen LogP contribution in [0.5, 0.6) is 0 Å². The van der Waals surface area contributed by atoms with E-state index in [2.05, 4.69) is 108 Å². The highest BCUT2D eigenvalue weighted by molar-refractivity contribution is 7.47. The summed E-state index contributed by atoms with van der Waals surface area (Å²) in [5, 5.41) is 8.68. The van der Waals surface area contributed by atoms with Gasteiger partial charge < -0.3 is 73.1 Å². The minimum absolute atomic E-state index is 0.0280. The van der Waals surface area contributed by atoms with Gasteiger partial charge in [0.1, 0.15) is 24.4 Å². The Balaban J connectivity index is 0.00000128. The molecule has 2 unspecified atom stereocenters. The molecule has 0 spiro atoms. The first-order valence-electron chi connectivity index (χ1n) is 42.1. The van der Waals surface area contributed by atoms with Gasteiger partial charge in [0.2, 0.25) is 17.7 Å². The summed E-state index contributed by atoms with van der Waals surface area (Å²) < 4.78 is 109. The third kappa shape index (κ3) is 32.5. The number of carbonyl (C=O) groups excluding carboxylic acids is 4. The lowest BCUT2D eigenvalue weighted by atomic mass is 9.79. The van der Waals surface area contributed by atoms with Crippen LogP contribution in [0.3, 0.4) is 0 Å². The standard InChI is InChI=1S/C79H105N3O20P2Si.2C6H15N/c1-53(2)79(7,8)105(9,10)99-52-66-43-69(72(82-56(5)85)78(96-49-63-39-27-16-28-40-63)75(66)93-46-60-33-21-13-22-34-60)102-104(89,90)98-51-65-42-68(71(81-55(4)84)77(95-48-62-37-25-15-26-38-62)74(65)92-45-59-31-19-12-20-32-59)101-103(87,88)97-50-64-41-67(100-57(6)86)70(80-54(3)83)76(94-47-61-35-23-14-24-36-61)73(64)91-44-58-29-17-11-18-30-58;2*1-4-7(5-2)6-3/h11-40,53,64-78H,41-52H2,1-10H3,(H,80,83)(H,81,84)(H,82,85)(H,87,88)(H,89,90);2*4-6H2,1-3H3/t64-,65-,66-,67+,68+,69+,70-,71-,72-,73-,74-,75-,76-,77-,78-;;/m1../s1. The van der Waals surface area contributed by atoms with Crippen LogP contribution < -0.4 is 16.0 Å². The minimum Gasteiger partial charge on any atom is -0.460 e. The van der Waals surface area contributed by atoms with Crippen LogP contribution in [0.25, 0.3) is 0 Å². The highest BCUT2D eigenvalue weighted by Gasteiger charge is 2.55. The smallest absolute Gasteiger partial charge is 0.460 e. The van der Waals surface area contributed by atoms with Crippen molar-refractivity contribution in [1.29, 1.82) is 0 Å². The van der Waals surface area contributed by atoms with Gasteiger partial charge in [-0.05, 0) is 116 Å². The molecule has 0 aliphatic heterocycles. The molecule has 0 heterocycles. The van der Waals surface area contributed by atoms with Crippen LogP contribution >= 0.6 is 15.6 Å². The zero-order valence-corrected chi connectivity index (χ0v) is 75.6. The van der Waals surface area contributed by atoms with Crippen LogP contribution in [0.4, 0.5) is 0 Å². The Morgan fingerprint density at radius 3 is 0.866 bits per heavy atom. The Labute approximate surface area is 708 Å². The number of esters is 1. The van der Waals surface area contributed by atoms with Gasteiger partial charge in [0.15, 0.2) is 8.32 Å². The van der Waals surface area contributed by atoms with Crippen molar-refractivity contribution in [3.8, 4) is 0 Å². The van der Waals surface area contributed by atoms with Gasteiger partial charge in [-0.15, -0.1) is 0 Å². The topological polar surface area (TPSA) is 296 Å². The van der Waals surface area contributed by atoms with Gasteiger partial charge in [0.25, 0.3) is 0 Å². The van der Waals surface area contributed by atoms with Crippen molar-refractivity contribution < 1.29 is 93.8 Å². The molecule has 17 atom stereocenters. The zero-order chi connectivity index (χ0) is 86.7. The number of phosphoric acid groups is 2. The predicted molar refractivity (Wildman–Crippen MR) is 463 cm³/mol. The molecule has 25 nitrogen and oxygen atoms in total. The minimum atomic E-state index is -5.34. The molecule has 9 rings (SSSR count). The molecule has 0 radical (unpaired) electrons. The maximum Gasteiger partial charge on any atom is 0.472 e. The quantitative estimate of drug-likeness (QED) is 0.0135. The maximum absolute atomic E-state index is 15.3. The largest absolute Gasteiger partial charge is 0.472 e. The number of amides is 3. The molecule has 3 saturated carbocycles. The van der Waals surface area contributed by atoms with E-state index in [1.807, 2.05) is 182 Å². The first-order chi connectivity index (χ1) is 56.8. The van der Waals surface area contributed by atoms with Crippen molar-refractivity contribution >= 4 is 47.7 Å². The fourth-order valence-electron chi connectivity index (χ4n) is 15.3. The highest BCUT2D eigenvalue weighted by atomic mass is 31.2. The molecule has 3 fully saturated rings. The van der Waals surface area contributed by atoms with Gasteiger partial charge in [0, 0.05) is 52.1 Å². The average Bonchev–Trinajstić information content (AvgIpc) is 0.781. The SMILES string of the molecule is CC(=O)N[C@H]1[C@@H](OCc2ccccc2)[C@H](OCc2ccccc2)[C@@H](COP(=O)(O)O[C@H]2C[C@H](COP(=O)(O)O[C@H]3C[C@H](CO[Si](C)(C)C(C)(C)C(C)C)[C@@H](OCc4ccccc4)[C@H](OCc4ccccc4)[C@@H]3NC(C)=O)[C@@H](OCc3ccccc3)[C@H](OCc3ccccc3)[C@@H]2NC(C)=O)C[C@@H]1OC(C)=O.CCN(CC)CC.CCN(CC)CC. The van der Waals surface area contributed by atoms with Crippen LogP contribution in [0.2, 0.25) is 18.1 Å². The second-order valence-electron chi connectivity index (χ2n) is 32.1. The summed E-state index contributed by atoms with van der Waals surface area (Å²) in [7, 11) is -13.2. The molecule has 658 valence electrons. The van der Waals surface area contributed by atoms with E-state index < -0.39 is 152 Å². The van der Waals surface area contributed by atoms with E-state index in [-0.39, 0.29) is 76.5 Å². The van der Waals surface area contributed by atoms with E-state index in [4.69, 9.17) is 55.7 Å². The third-order valence-electron chi connectivity index (χ3n) is 23.2. The lowest BCUT2D eigenvalue weighted by molar-refractivity contribution is -0.187. The number of carbonyl (C=O) groups is 4. The van der Waals surface area contributed by atoms with Gasteiger partial charge in [-0.25, -0.2) is 9.13 Å². The summed E-state index contributed by atoms with van der Waals surface area (Å²) in [6.45, 7) is 37.7. The van der Waals surface area contributed by atoms with E-state index in [1.54, 1.807) is 0 Å². The summed E-state index contributed by atoms with van der Waals surface area (Å²) >= 11 is 0. The van der Waals surface area contributed by atoms with Crippen molar-refractivity contribution in [2.75, 3.05) is 59.1 Å². The highest BCUT2D eigenvalue weighted by Crippen LogP contribution is 2.53. The Morgan fingerprint density at radius 1 is 0.403 bits per heavy atom. The molecule has 3 amide bonds. The Bertz CT molecular complexity index is 3970. The van der Waals surface area contributed by atoms with Gasteiger partial charge in [0.05, 0.1) is 102 Å². The molecule has 28 heteroatoms.